The molecule has 0 fully saturated rings. The molecular formula is C14H27N3S. The quantitative estimate of drug-likeness (QED) is 0.744. The van der Waals surface area contributed by atoms with Crippen molar-refractivity contribution in [3.8, 4) is 0 Å². The van der Waals surface area contributed by atoms with E-state index in [1.54, 1.807) is 0 Å². The fourth-order valence-electron chi connectivity index (χ4n) is 1.97. The van der Waals surface area contributed by atoms with Gasteiger partial charge in [0.2, 0.25) is 0 Å². The second-order valence-electron chi connectivity index (χ2n) is 4.48. The minimum Gasteiger partial charge on any atom is -0.348 e. The van der Waals surface area contributed by atoms with Gasteiger partial charge in [-0.25, -0.2) is 4.98 Å². The Hall–Kier alpha value is -0.610. The SMILES string of the molecule is CCCc1nc(N(CC)CCC)sc1CNCC. The molecule has 1 aromatic heterocycles. The van der Waals surface area contributed by atoms with Gasteiger partial charge in [-0.1, -0.05) is 27.2 Å². The number of anilines is 1. The van der Waals surface area contributed by atoms with Crippen molar-refractivity contribution in [3.63, 3.8) is 0 Å². The summed E-state index contributed by atoms with van der Waals surface area (Å²) in [6.07, 6.45) is 3.45. The van der Waals surface area contributed by atoms with Crippen molar-refractivity contribution in [1.29, 1.82) is 0 Å². The molecule has 0 radical (unpaired) electrons. The Kier molecular flexibility index (Phi) is 7.28. The second kappa shape index (κ2) is 8.48. The summed E-state index contributed by atoms with van der Waals surface area (Å²) in [6.45, 7) is 12.9. The largest absolute Gasteiger partial charge is 0.348 e. The Morgan fingerprint density at radius 1 is 1.17 bits per heavy atom. The van der Waals surface area contributed by atoms with Crippen molar-refractivity contribution >= 4 is 16.5 Å². The van der Waals surface area contributed by atoms with Crippen LogP contribution in [0.1, 0.15) is 51.1 Å². The monoisotopic (exact) mass is 269 g/mol. The molecular weight excluding hydrogens is 242 g/mol. The number of aryl methyl sites for hydroxylation is 1. The number of thiazole rings is 1. The smallest absolute Gasteiger partial charge is 0.185 e. The van der Waals surface area contributed by atoms with E-state index in [1.807, 2.05) is 11.3 Å². The summed E-state index contributed by atoms with van der Waals surface area (Å²) in [5.74, 6) is 0. The molecule has 3 nitrogen and oxygen atoms in total. The van der Waals surface area contributed by atoms with Crippen LogP contribution in [-0.4, -0.2) is 24.6 Å². The van der Waals surface area contributed by atoms with E-state index in [0.717, 1.165) is 32.6 Å². The van der Waals surface area contributed by atoms with Crippen LogP contribution in [0.25, 0.3) is 0 Å². The molecule has 1 aromatic rings. The van der Waals surface area contributed by atoms with Crippen LogP contribution in [0.15, 0.2) is 0 Å². The van der Waals surface area contributed by atoms with Crippen LogP contribution in [0.3, 0.4) is 0 Å². The van der Waals surface area contributed by atoms with Crippen molar-refractivity contribution < 1.29 is 0 Å². The first kappa shape index (κ1) is 15.4. The van der Waals surface area contributed by atoms with E-state index >= 15 is 0 Å². The molecule has 0 bridgehead atoms. The van der Waals surface area contributed by atoms with E-state index in [2.05, 4.69) is 37.9 Å². The third kappa shape index (κ3) is 4.25. The zero-order chi connectivity index (χ0) is 13.4. The third-order valence-electron chi connectivity index (χ3n) is 2.94. The number of nitrogens with one attached hydrogen (secondary N) is 1. The van der Waals surface area contributed by atoms with Gasteiger partial charge in [-0.3, -0.25) is 0 Å². The van der Waals surface area contributed by atoms with Gasteiger partial charge in [-0.15, -0.1) is 11.3 Å². The van der Waals surface area contributed by atoms with Gasteiger partial charge in [0, 0.05) is 24.5 Å². The lowest BCUT2D eigenvalue weighted by Crippen LogP contribution is -2.23. The molecule has 0 saturated heterocycles. The zero-order valence-corrected chi connectivity index (χ0v) is 13.1. The summed E-state index contributed by atoms with van der Waals surface area (Å²) in [7, 11) is 0. The lowest BCUT2D eigenvalue weighted by atomic mass is 10.2. The van der Waals surface area contributed by atoms with Crippen molar-refractivity contribution in [2.45, 2.75) is 53.5 Å². The van der Waals surface area contributed by atoms with Gasteiger partial charge in [0.15, 0.2) is 5.13 Å². The van der Waals surface area contributed by atoms with Crippen LogP contribution < -0.4 is 10.2 Å². The minimum absolute atomic E-state index is 0.965. The van der Waals surface area contributed by atoms with Gasteiger partial charge in [-0.2, -0.15) is 0 Å². The Morgan fingerprint density at radius 2 is 1.94 bits per heavy atom. The highest BCUT2D eigenvalue weighted by Crippen LogP contribution is 2.27. The van der Waals surface area contributed by atoms with Crippen LogP contribution in [0.2, 0.25) is 0 Å². The van der Waals surface area contributed by atoms with Crippen molar-refractivity contribution in [3.05, 3.63) is 10.6 Å². The topological polar surface area (TPSA) is 28.2 Å². The molecule has 104 valence electrons. The van der Waals surface area contributed by atoms with Crippen LogP contribution in [-0.2, 0) is 13.0 Å². The first-order chi connectivity index (χ1) is 8.76. The van der Waals surface area contributed by atoms with Crippen molar-refractivity contribution in [2.75, 3.05) is 24.5 Å². The van der Waals surface area contributed by atoms with E-state index in [-0.39, 0.29) is 0 Å². The maximum Gasteiger partial charge on any atom is 0.185 e. The molecule has 0 unspecified atom stereocenters. The molecule has 1 N–H and O–H groups in total. The highest BCUT2D eigenvalue weighted by Gasteiger charge is 2.14. The predicted octanol–water partition coefficient (Wildman–Crippen LogP) is 3.44. The summed E-state index contributed by atoms with van der Waals surface area (Å²) >= 11 is 1.86. The van der Waals surface area contributed by atoms with Crippen LogP contribution >= 0.6 is 11.3 Å². The Bertz CT molecular complexity index is 336. The first-order valence-electron chi connectivity index (χ1n) is 7.20. The maximum atomic E-state index is 4.85. The molecule has 0 aliphatic heterocycles. The molecule has 0 saturated carbocycles. The first-order valence-corrected chi connectivity index (χ1v) is 8.02. The average Bonchev–Trinajstić information content (AvgIpc) is 2.77. The van der Waals surface area contributed by atoms with Crippen LogP contribution in [0.5, 0.6) is 0 Å². The predicted molar refractivity (Wildman–Crippen MR) is 81.7 cm³/mol. The van der Waals surface area contributed by atoms with Gasteiger partial charge in [0.05, 0.1) is 5.69 Å². The molecule has 0 aromatic carbocycles. The Morgan fingerprint density at radius 3 is 2.50 bits per heavy atom. The standard InChI is InChI=1S/C14H27N3S/c1-5-9-12-13(11-15-7-3)18-14(16-12)17(8-4)10-6-2/h15H,5-11H2,1-4H3. The van der Waals surface area contributed by atoms with Gasteiger partial charge in [0.1, 0.15) is 0 Å². The average molecular weight is 269 g/mol. The van der Waals surface area contributed by atoms with Crippen molar-refractivity contribution in [1.82, 2.24) is 10.3 Å². The molecule has 0 spiro atoms. The third-order valence-corrected chi connectivity index (χ3v) is 4.09. The lowest BCUT2D eigenvalue weighted by Gasteiger charge is -2.18. The molecule has 4 heteroatoms. The molecule has 1 rings (SSSR count). The summed E-state index contributed by atoms with van der Waals surface area (Å²) in [5, 5.41) is 4.62. The second-order valence-corrected chi connectivity index (χ2v) is 5.54. The van der Waals surface area contributed by atoms with E-state index in [4.69, 9.17) is 4.98 Å². The maximum absolute atomic E-state index is 4.85. The van der Waals surface area contributed by atoms with Gasteiger partial charge in [-0.05, 0) is 26.3 Å². The summed E-state index contributed by atoms with van der Waals surface area (Å²) in [6, 6.07) is 0. The molecule has 1 heterocycles. The van der Waals surface area contributed by atoms with Crippen molar-refractivity contribution in [2.24, 2.45) is 0 Å². The number of rotatable bonds is 9. The van der Waals surface area contributed by atoms with Crippen LogP contribution in [0.4, 0.5) is 5.13 Å². The minimum atomic E-state index is 0.965. The number of hydrogen-bond acceptors (Lipinski definition) is 4. The highest BCUT2D eigenvalue weighted by atomic mass is 32.1. The lowest BCUT2D eigenvalue weighted by molar-refractivity contribution is 0.722. The van der Waals surface area contributed by atoms with E-state index < -0.39 is 0 Å². The molecule has 18 heavy (non-hydrogen) atoms. The summed E-state index contributed by atoms with van der Waals surface area (Å²) in [4.78, 5) is 8.65. The Balaban J connectivity index is 2.85. The number of aromatic nitrogens is 1. The highest BCUT2D eigenvalue weighted by molar-refractivity contribution is 7.15. The summed E-state index contributed by atoms with van der Waals surface area (Å²) < 4.78 is 0. The Labute approximate surface area is 116 Å². The van der Waals surface area contributed by atoms with Gasteiger partial charge in [0.25, 0.3) is 0 Å². The fraction of sp³-hybridized carbons (Fsp3) is 0.786. The molecule has 0 aliphatic carbocycles. The normalized spacial score (nSPS) is 10.9. The molecule has 0 amide bonds. The molecule has 0 aliphatic rings. The van der Waals surface area contributed by atoms with Gasteiger partial charge >= 0.3 is 0 Å². The number of nitrogens with zero attached hydrogens (tertiary/aromatic N) is 2. The van der Waals surface area contributed by atoms with E-state index in [1.165, 1.54) is 28.5 Å². The molecule has 0 atom stereocenters. The fourth-order valence-corrected chi connectivity index (χ4v) is 3.14. The van der Waals surface area contributed by atoms with Crippen LogP contribution in [0, 0.1) is 0 Å². The van der Waals surface area contributed by atoms with E-state index in [9.17, 15) is 0 Å². The van der Waals surface area contributed by atoms with E-state index in [0.29, 0.717) is 0 Å². The number of hydrogen-bond donors (Lipinski definition) is 1. The van der Waals surface area contributed by atoms with Gasteiger partial charge < -0.3 is 10.2 Å². The summed E-state index contributed by atoms with van der Waals surface area (Å²) in [5.41, 5.74) is 1.30. The zero-order valence-electron chi connectivity index (χ0n) is 12.3.